The SMILES string of the molecule is CCCc1c(C)nc2ncnn2c1Sc1ccc(NC(=O)c2ccccc2OCC)cc1. The zero-order valence-electron chi connectivity index (χ0n) is 18.3. The number of ether oxygens (including phenoxy) is 1. The summed E-state index contributed by atoms with van der Waals surface area (Å²) >= 11 is 1.62. The number of anilines is 1. The maximum Gasteiger partial charge on any atom is 0.259 e. The highest BCUT2D eigenvalue weighted by molar-refractivity contribution is 7.99. The third kappa shape index (κ3) is 4.60. The molecule has 0 saturated carbocycles. The van der Waals surface area contributed by atoms with Crippen molar-refractivity contribution in [1.29, 1.82) is 0 Å². The van der Waals surface area contributed by atoms with Gasteiger partial charge >= 0.3 is 0 Å². The van der Waals surface area contributed by atoms with E-state index in [-0.39, 0.29) is 5.91 Å². The summed E-state index contributed by atoms with van der Waals surface area (Å²) in [6.07, 6.45) is 3.47. The first kappa shape index (κ1) is 21.8. The van der Waals surface area contributed by atoms with E-state index in [0.717, 1.165) is 34.1 Å². The molecule has 8 heteroatoms. The maximum atomic E-state index is 12.7. The number of rotatable bonds is 8. The molecule has 0 aliphatic heterocycles. The topological polar surface area (TPSA) is 81.4 Å². The first-order valence-electron chi connectivity index (χ1n) is 10.6. The molecule has 2 aromatic carbocycles. The molecule has 1 N–H and O–H groups in total. The third-order valence-electron chi connectivity index (χ3n) is 4.94. The number of nitrogens with zero attached hydrogens (tertiary/aromatic N) is 4. The Hall–Kier alpha value is -3.39. The molecule has 2 heterocycles. The quantitative estimate of drug-likeness (QED) is 0.375. The molecule has 0 saturated heterocycles. The zero-order valence-corrected chi connectivity index (χ0v) is 19.1. The van der Waals surface area contributed by atoms with Crippen molar-refractivity contribution in [3.05, 3.63) is 71.7 Å². The van der Waals surface area contributed by atoms with E-state index in [0.29, 0.717) is 23.7 Å². The van der Waals surface area contributed by atoms with Crippen molar-refractivity contribution in [2.75, 3.05) is 11.9 Å². The van der Waals surface area contributed by atoms with Gasteiger partial charge < -0.3 is 10.1 Å². The molecule has 0 radical (unpaired) electrons. The van der Waals surface area contributed by atoms with Crippen LogP contribution in [-0.2, 0) is 6.42 Å². The predicted molar refractivity (Wildman–Crippen MR) is 126 cm³/mol. The average molecular weight is 448 g/mol. The molecule has 4 rings (SSSR count). The van der Waals surface area contributed by atoms with Crippen LogP contribution in [0.5, 0.6) is 5.75 Å². The zero-order chi connectivity index (χ0) is 22.5. The van der Waals surface area contributed by atoms with E-state index in [1.165, 1.54) is 11.9 Å². The summed E-state index contributed by atoms with van der Waals surface area (Å²) in [6, 6.07) is 15.0. The van der Waals surface area contributed by atoms with E-state index in [1.54, 1.807) is 28.4 Å². The van der Waals surface area contributed by atoms with Gasteiger partial charge in [-0.05, 0) is 56.7 Å². The molecule has 0 aliphatic rings. The molecule has 4 aromatic rings. The average Bonchev–Trinajstić information content (AvgIpc) is 3.26. The van der Waals surface area contributed by atoms with Crippen molar-refractivity contribution in [3.8, 4) is 5.75 Å². The van der Waals surface area contributed by atoms with Crippen molar-refractivity contribution in [1.82, 2.24) is 19.6 Å². The van der Waals surface area contributed by atoms with Crippen LogP contribution in [0.3, 0.4) is 0 Å². The van der Waals surface area contributed by atoms with E-state index >= 15 is 0 Å². The van der Waals surface area contributed by atoms with Crippen molar-refractivity contribution in [2.24, 2.45) is 0 Å². The van der Waals surface area contributed by atoms with E-state index in [9.17, 15) is 4.79 Å². The number of aryl methyl sites for hydroxylation is 1. The van der Waals surface area contributed by atoms with Gasteiger partial charge in [-0.3, -0.25) is 4.79 Å². The Labute approximate surface area is 191 Å². The number of para-hydroxylation sites is 1. The Balaban J connectivity index is 1.55. The first-order chi connectivity index (χ1) is 15.6. The summed E-state index contributed by atoms with van der Waals surface area (Å²) in [5.41, 5.74) is 3.39. The fourth-order valence-corrected chi connectivity index (χ4v) is 4.53. The molecule has 0 fully saturated rings. The van der Waals surface area contributed by atoms with Gasteiger partial charge in [0, 0.05) is 21.8 Å². The molecular weight excluding hydrogens is 422 g/mol. The highest BCUT2D eigenvalue weighted by Crippen LogP contribution is 2.33. The number of amides is 1. The largest absolute Gasteiger partial charge is 0.493 e. The van der Waals surface area contributed by atoms with E-state index < -0.39 is 0 Å². The lowest BCUT2D eigenvalue weighted by atomic mass is 10.1. The number of carbonyl (C=O) groups is 1. The van der Waals surface area contributed by atoms with E-state index in [2.05, 4.69) is 27.3 Å². The van der Waals surface area contributed by atoms with Crippen LogP contribution in [0.25, 0.3) is 5.78 Å². The third-order valence-corrected chi connectivity index (χ3v) is 6.06. The molecule has 0 bridgehead atoms. The predicted octanol–water partition coefficient (Wildman–Crippen LogP) is 5.19. The highest BCUT2D eigenvalue weighted by Gasteiger charge is 2.16. The van der Waals surface area contributed by atoms with Crippen LogP contribution in [0.15, 0.2) is 64.8 Å². The smallest absolute Gasteiger partial charge is 0.259 e. The van der Waals surface area contributed by atoms with Crippen molar-refractivity contribution < 1.29 is 9.53 Å². The van der Waals surface area contributed by atoms with E-state index in [4.69, 9.17) is 4.74 Å². The van der Waals surface area contributed by atoms with Gasteiger partial charge in [0.05, 0.1) is 12.2 Å². The lowest BCUT2D eigenvalue weighted by molar-refractivity contribution is 0.102. The molecular formula is C24H25N5O2S. The number of aromatic nitrogens is 4. The molecule has 32 heavy (non-hydrogen) atoms. The van der Waals surface area contributed by atoms with Crippen molar-refractivity contribution >= 4 is 29.1 Å². The van der Waals surface area contributed by atoms with Crippen LogP contribution in [0.2, 0.25) is 0 Å². The Kier molecular flexibility index (Phi) is 6.70. The standard InChI is InChI=1S/C24H25N5O2S/c1-4-8-19-16(3)27-24-25-15-26-29(24)23(19)32-18-13-11-17(12-14-18)28-22(30)20-9-6-7-10-21(20)31-5-2/h6-7,9-15H,4-5,8H2,1-3H3,(H,28,30). The minimum absolute atomic E-state index is 0.200. The van der Waals surface area contributed by atoms with Crippen LogP contribution in [0, 0.1) is 6.92 Å². The highest BCUT2D eigenvalue weighted by atomic mass is 32.2. The molecule has 0 atom stereocenters. The summed E-state index contributed by atoms with van der Waals surface area (Å²) in [4.78, 5) is 22.6. The van der Waals surface area contributed by atoms with E-state index in [1.807, 2.05) is 50.2 Å². The number of hydrogen-bond acceptors (Lipinski definition) is 6. The summed E-state index contributed by atoms with van der Waals surface area (Å²) in [5.74, 6) is 0.975. The van der Waals surface area contributed by atoms with Crippen LogP contribution in [-0.4, -0.2) is 32.1 Å². The van der Waals surface area contributed by atoms with Gasteiger partial charge in [0.15, 0.2) is 0 Å². The molecule has 0 spiro atoms. The molecule has 164 valence electrons. The van der Waals surface area contributed by atoms with Crippen molar-refractivity contribution in [3.63, 3.8) is 0 Å². The lowest BCUT2D eigenvalue weighted by Crippen LogP contribution is -2.13. The Morgan fingerprint density at radius 3 is 2.66 bits per heavy atom. The monoisotopic (exact) mass is 447 g/mol. The van der Waals surface area contributed by atoms with Gasteiger partial charge in [-0.2, -0.15) is 14.6 Å². The number of nitrogens with one attached hydrogen (secondary N) is 1. The molecule has 0 aliphatic carbocycles. The normalized spacial score (nSPS) is 11.0. The molecule has 2 aromatic heterocycles. The van der Waals surface area contributed by atoms with Crippen molar-refractivity contribution in [2.45, 2.75) is 43.5 Å². The number of fused-ring (bicyclic) bond motifs is 1. The number of benzene rings is 2. The second kappa shape index (κ2) is 9.82. The van der Waals surface area contributed by atoms with Gasteiger partial charge in [-0.25, -0.2) is 4.98 Å². The summed E-state index contributed by atoms with van der Waals surface area (Å²) < 4.78 is 7.36. The van der Waals surface area contributed by atoms with Gasteiger partial charge in [-0.1, -0.05) is 37.2 Å². The summed E-state index contributed by atoms with van der Waals surface area (Å²) in [5, 5.41) is 8.34. The second-order valence-electron chi connectivity index (χ2n) is 7.21. The summed E-state index contributed by atoms with van der Waals surface area (Å²) in [7, 11) is 0. The fourth-order valence-electron chi connectivity index (χ4n) is 3.45. The lowest BCUT2D eigenvalue weighted by Gasteiger charge is -2.13. The van der Waals surface area contributed by atoms with Gasteiger partial charge in [0.25, 0.3) is 11.7 Å². The minimum atomic E-state index is -0.200. The second-order valence-corrected chi connectivity index (χ2v) is 8.27. The number of carbonyl (C=O) groups excluding carboxylic acids is 1. The van der Waals surface area contributed by atoms with Crippen LogP contribution < -0.4 is 10.1 Å². The molecule has 1 amide bonds. The maximum absolute atomic E-state index is 12.7. The Bertz CT molecular complexity index is 1240. The Morgan fingerprint density at radius 1 is 1.12 bits per heavy atom. The van der Waals surface area contributed by atoms with Gasteiger partial charge in [0.2, 0.25) is 0 Å². The Morgan fingerprint density at radius 2 is 1.91 bits per heavy atom. The van der Waals surface area contributed by atoms with Crippen LogP contribution in [0.1, 0.15) is 41.9 Å². The van der Waals surface area contributed by atoms with Crippen LogP contribution in [0.4, 0.5) is 5.69 Å². The molecule has 0 unspecified atom stereocenters. The van der Waals surface area contributed by atoms with Crippen LogP contribution >= 0.6 is 11.8 Å². The number of hydrogen-bond donors (Lipinski definition) is 1. The van der Waals surface area contributed by atoms with Gasteiger partial charge in [-0.15, -0.1) is 0 Å². The summed E-state index contributed by atoms with van der Waals surface area (Å²) in [6.45, 7) is 6.57. The minimum Gasteiger partial charge on any atom is -0.493 e. The fraction of sp³-hybridized carbons (Fsp3) is 0.250. The van der Waals surface area contributed by atoms with Gasteiger partial charge in [0.1, 0.15) is 17.1 Å². The first-order valence-corrected chi connectivity index (χ1v) is 11.4. The molecule has 7 nitrogen and oxygen atoms in total.